The van der Waals surface area contributed by atoms with Crippen LogP contribution < -0.4 is 0 Å². The minimum absolute atomic E-state index is 0.0322. The van der Waals surface area contributed by atoms with Crippen LogP contribution in [0.2, 0.25) is 0 Å². The van der Waals surface area contributed by atoms with E-state index in [0.717, 1.165) is 5.56 Å². The fourth-order valence-electron chi connectivity index (χ4n) is 1.86. The van der Waals surface area contributed by atoms with Crippen molar-refractivity contribution in [3.8, 4) is 0 Å². The van der Waals surface area contributed by atoms with Crippen LogP contribution >= 0.6 is 0 Å². The highest BCUT2D eigenvalue weighted by atomic mass is 16.6. The van der Waals surface area contributed by atoms with Crippen LogP contribution in [0.4, 0.5) is 0 Å². The number of hydrogen-bond donors (Lipinski definition) is 0. The van der Waals surface area contributed by atoms with Crippen molar-refractivity contribution in [3.05, 3.63) is 47.5 Å². The Balaban J connectivity index is 1.68. The highest BCUT2D eigenvalue weighted by Gasteiger charge is 2.37. The van der Waals surface area contributed by atoms with Gasteiger partial charge in [-0.15, -0.1) is 0 Å². The van der Waals surface area contributed by atoms with Crippen molar-refractivity contribution in [1.82, 2.24) is 0 Å². The molecule has 1 heterocycles. The minimum atomic E-state index is -0.285. The maximum atomic E-state index is 11.4. The van der Waals surface area contributed by atoms with Gasteiger partial charge in [-0.05, 0) is 25.5 Å². The Morgan fingerprint density at radius 3 is 2.80 bits per heavy atom. The zero-order valence-electron chi connectivity index (χ0n) is 11.9. The molecule has 2 atom stereocenters. The molecule has 0 aromatic heterocycles. The van der Waals surface area contributed by atoms with Crippen LogP contribution in [0, 0.1) is 0 Å². The smallest absolute Gasteiger partial charge is 0.333 e. The van der Waals surface area contributed by atoms with Gasteiger partial charge in [0.1, 0.15) is 12.2 Å². The molecule has 1 aromatic carbocycles. The van der Waals surface area contributed by atoms with E-state index in [1.807, 2.05) is 30.3 Å². The second kappa shape index (κ2) is 7.22. The van der Waals surface area contributed by atoms with Gasteiger partial charge in [0.25, 0.3) is 0 Å². The van der Waals surface area contributed by atoms with Crippen LogP contribution in [0.1, 0.15) is 19.4 Å². The van der Waals surface area contributed by atoms with Gasteiger partial charge in [0, 0.05) is 5.57 Å². The van der Waals surface area contributed by atoms with E-state index in [0.29, 0.717) is 25.4 Å². The molecule has 4 heteroatoms. The first-order valence-corrected chi connectivity index (χ1v) is 6.83. The summed E-state index contributed by atoms with van der Waals surface area (Å²) in [5.74, 6) is -0.285. The topological polar surface area (TPSA) is 48.1 Å². The van der Waals surface area contributed by atoms with Crippen molar-refractivity contribution < 1.29 is 19.0 Å². The van der Waals surface area contributed by atoms with Crippen molar-refractivity contribution in [2.45, 2.75) is 32.7 Å². The lowest BCUT2D eigenvalue weighted by atomic mass is 10.2. The lowest BCUT2D eigenvalue weighted by Gasteiger charge is -2.02. The highest BCUT2D eigenvalue weighted by Crippen LogP contribution is 2.25. The molecular weight excluding hydrogens is 256 g/mol. The summed E-state index contributed by atoms with van der Waals surface area (Å²) in [5.41, 5.74) is 1.73. The summed E-state index contributed by atoms with van der Waals surface area (Å²) in [7, 11) is 0. The average molecular weight is 276 g/mol. The van der Waals surface area contributed by atoms with E-state index >= 15 is 0 Å². The fraction of sp³-hybridized carbons (Fsp3) is 0.438. The van der Waals surface area contributed by atoms with E-state index in [9.17, 15) is 4.79 Å². The molecule has 0 saturated carbocycles. The SMILES string of the molecule is CCOC(=O)/C(C)=C/[C@@H]1O[C@H]1COCc1ccccc1. The van der Waals surface area contributed by atoms with E-state index in [2.05, 4.69) is 0 Å². The van der Waals surface area contributed by atoms with Gasteiger partial charge in [-0.1, -0.05) is 30.3 Å². The molecule has 4 nitrogen and oxygen atoms in total. The maximum Gasteiger partial charge on any atom is 0.333 e. The predicted molar refractivity (Wildman–Crippen MR) is 75.1 cm³/mol. The standard InChI is InChI=1S/C16H20O4/c1-3-19-16(17)12(2)9-14-15(20-14)11-18-10-13-7-5-4-6-8-13/h4-9,14-15H,3,10-11H2,1-2H3/b12-9+/t14-,15-/m0/s1. The zero-order chi connectivity index (χ0) is 14.4. The van der Waals surface area contributed by atoms with Gasteiger partial charge >= 0.3 is 5.97 Å². The molecule has 2 rings (SSSR count). The second-order valence-corrected chi connectivity index (χ2v) is 4.71. The Hall–Kier alpha value is -1.65. The molecule has 0 N–H and O–H groups in total. The number of benzene rings is 1. The van der Waals surface area contributed by atoms with Crippen LogP contribution in [0.5, 0.6) is 0 Å². The van der Waals surface area contributed by atoms with Crippen LogP contribution in [0.25, 0.3) is 0 Å². The van der Waals surface area contributed by atoms with Gasteiger partial charge in [-0.2, -0.15) is 0 Å². The summed E-state index contributed by atoms with van der Waals surface area (Å²) in [6, 6.07) is 10.00. The average Bonchev–Trinajstić information content (AvgIpc) is 3.18. The number of esters is 1. The molecule has 0 aliphatic carbocycles. The van der Waals surface area contributed by atoms with Gasteiger partial charge < -0.3 is 14.2 Å². The number of carbonyl (C=O) groups excluding carboxylic acids is 1. The van der Waals surface area contributed by atoms with Gasteiger partial charge in [-0.3, -0.25) is 0 Å². The van der Waals surface area contributed by atoms with Crippen molar-refractivity contribution in [2.24, 2.45) is 0 Å². The van der Waals surface area contributed by atoms with Crippen LogP contribution in [-0.2, 0) is 25.6 Å². The van der Waals surface area contributed by atoms with Crippen LogP contribution in [0.15, 0.2) is 42.0 Å². The summed E-state index contributed by atoms with van der Waals surface area (Å²) in [6.07, 6.45) is 1.81. The van der Waals surface area contributed by atoms with E-state index in [1.165, 1.54) is 0 Å². The number of hydrogen-bond acceptors (Lipinski definition) is 4. The zero-order valence-corrected chi connectivity index (χ0v) is 11.9. The number of ether oxygens (including phenoxy) is 3. The molecule has 0 bridgehead atoms. The van der Waals surface area contributed by atoms with E-state index < -0.39 is 0 Å². The Kier molecular flexibility index (Phi) is 5.32. The molecule has 0 radical (unpaired) electrons. The van der Waals surface area contributed by atoms with E-state index in [-0.39, 0.29) is 18.2 Å². The van der Waals surface area contributed by atoms with E-state index in [1.54, 1.807) is 19.9 Å². The first kappa shape index (κ1) is 14.8. The number of epoxide rings is 1. The third-order valence-electron chi connectivity index (χ3n) is 3.03. The van der Waals surface area contributed by atoms with Gasteiger partial charge in [0.2, 0.25) is 0 Å². The molecule has 0 spiro atoms. The normalized spacial score (nSPS) is 21.6. The number of carbonyl (C=O) groups is 1. The van der Waals surface area contributed by atoms with Crippen LogP contribution in [-0.4, -0.2) is 31.4 Å². The quantitative estimate of drug-likeness (QED) is 0.436. The Bertz CT molecular complexity index is 467. The maximum absolute atomic E-state index is 11.4. The van der Waals surface area contributed by atoms with E-state index in [4.69, 9.17) is 14.2 Å². The lowest BCUT2D eigenvalue weighted by Crippen LogP contribution is -2.08. The third-order valence-corrected chi connectivity index (χ3v) is 3.03. The fourth-order valence-corrected chi connectivity index (χ4v) is 1.86. The van der Waals surface area contributed by atoms with Crippen molar-refractivity contribution >= 4 is 5.97 Å². The predicted octanol–water partition coefficient (Wildman–Crippen LogP) is 2.48. The monoisotopic (exact) mass is 276 g/mol. The molecular formula is C16H20O4. The first-order valence-electron chi connectivity index (χ1n) is 6.83. The van der Waals surface area contributed by atoms with Gasteiger partial charge in [0.15, 0.2) is 0 Å². The molecule has 108 valence electrons. The molecule has 1 aliphatic heterocycles. The molecule has 1 fully saturated rings. The third kappa shape index (κ3) is 4.47. The Morgan fingerprint density at radius 1 is 1.35 bits per heavy atom. The summed E-state index contributed by atoms with van der Waals surface area (Å²) in [4.78, 5) is 11.4. The van der Waals surface area contributed by atoms with Crippen molar-refractivity contribution in [1.29, 1.82) is 0 Å². The molecule has 1 saturated heterocycles. The first-order chi connectivity index (χ1) is 9.70. The lowest BCUT2D eigenvalue weighted by molar-refractivity contribution is -0.138. The number of rotatable bonds is 7. The summed E-state index contributed by atoms with van der Waals surface area (Å²) in [6.45, 7) is 5.03. The van der Waals surface area contributed by atoms with Gasteiger partial charge in [-0.25, -0.2) is 4.79 Å². The molecule has 0 amide bonds. The van der Waals surface area contributed by atoms with Gasteiger partial charge in [0.05, 0.1) is 19.8 Å². The molecule has 1 aromatic rings. The summed E-state index contributed by atoms with van der Waals surface area (Å²) < 4.78 is 16.0. The molecule has 1 aliphatic rings. The Labute approximate surface area is 119 Å². The molecule has 20 heavy (non-hydrogen) atoms. The second-order valence-electron chi connectivity index (χ2n) is 4.71. The Morgan fingerprint density at radius 2 is 2.10 bits per heavy atom. The largest absolute Gasteiger partial charge is 0.463 e. The minimum Gasteiger partial charge on any atom is -0.463 e. The van der Waals surface area contributed by atoms with Crippen molar-refractivity contribution in [3.63, 3.8) is 0 Å². The summed E-state index contributed by atoms with van der Waals surface area (Å²) >= 11 is 0. The summed E-state index contributed by atoms with van der Waals surface area (Å²) in [5, 5.41) is 0. The molecule has 0 unspecified atom stereocenters. The van der Waals surface area contributed by atoms with Crippen molar-refractivity contribution in [2.75, 3.05) is 13.2 Å². The van der Waals surface area contributed by atoms with Crippen LogP contribution in [0.3, 0.4) is 0 Å². The highest BCUT2D eigenvalue weighted by molar-refractivity contribution is 5.87.